The lowest BCUT2D eigenvalue weighted by Crippen LogP contribution is -2.15. The number of benzene rings is 2. The molecule has 0 saturated carbocycles. The van der Waals surface area contributed by atoms with E-state index in [4.69, 9.17) is 19.9 Å². The molecule has 2 N–H and O–H groups in total. The van der Waals surface area contributed by atoms with Gasteiger partial charge in [-0.25, -0.2) is 4.79 Å². The molecule has 2 aromatic rings. The normalized spacial score (nSPS) is 10.0. The molecule has 0 aliphatic heterocycles. The fourth-order valence-electron chi connectivity index (χ4n) is 2.09. The third-order valence-corrected chi connectivity index (χ3v) is 3.32. The van der Waals surface area contributed by atoms with E-state index in [9.17, 15) is 9.59 Å². The summed E-state index contributed by atoms with van der Waals surface area (Å²) in [6.45, 7) is 0.385. The van der Waals surface area contributed by atoms with E-state index >= 15 is 0 Å². The van der Waals surface area contributed by atoms with E-state index in [1.165, 1.54) is 20.3 Å². The van der Waals surface area contributed by atoms with E-state index in [1.54, 1.807) is 36.4 Å². The minimum Gasteiger partial charge on any atom is -0.497 e. The lowest BCUT2D eigenvalue weighted by Gasteiger charge is -2.12. The SMILES string of the molecule is COC(=O)c1cccc(OCCOc2cc(OC)ccc2C(N)=O)c1. The first kappa shape index (κ1) is 18.1. The highest BCUT2D eigenvalue weighted by Crippen LogP contribution is 2.24. The fraction of sp³-hybridized carbons (Fsp3) is 0.222. The Morgan fingerprint density at radius 3 is 2.40 bits per heavy atom. The molecule has 0 aromatic heterocycles. The molecular weight excluding hydrogens is 326 g/mol. The Hall–Kier alpha value is -3.22. The van der Waals surface area contributed by atoms with Crippen LogP contribution in [0.4, 0.5) is 0 Å². The molecule has 0 radical (unpaired) electrons. The molecule has 2 rings (SSSR count). The van der Waals surface area contributed by atoms with Gasteiger partial charge in [-0.15, -0.1) is 0 Å². The first-order valence-electron chi connectivity index (χ1n) is 7.47. The average Bonchev–Trinajstić information content (AvgIpc) is 2.64. The maximum absolute atomic E-state index is 11.5. The third kappa shape index (κ3) is 4.87. The van der Waals surface area contributed by atoms with Gasteiger partial charge in [-0.1, -0.05) is 6.07 Å². The van der Waals surface area contributed by atoms with Gasteiger partial charge < -0.3 is 24.7 Å². The lowest BCUT2D eigenvalue weighted by molar-refractivity contribution is 0.0600. The summed E-state index contributed by atoms with van der Waals surface area (Å²) in [4.78, 5) is 22.9. The zero-order valence-electron chi connectivity index (χ0n) is 14.0. The zero-order chi connectivity index (χ0) is 18.2. The van der Waals surface area contributed by atoms with Crippen molar-refractivity contribution in [3.8, 4) is 17.2 Å². The van der Waals surface area contributed by atoms with Gasteiger partial charge in [0.15, 0.2) is 0 Å². The summed E-state index contributed by atoms with van der Waals surface area (Å²) in [6, 6.07) is 11.4. The average molecular weight is 345 g/mol. The molecule has 1 amide bonds. The maximum Gasteiger partial charge on any atom is 0.337 e. The molecule has 0 heterocycles. The second-order valence-electron chi connectivity index (χ2n) is 4.94. The number of primary amides is 1. The number of hydrogen-bond donors (Lipinski definition) is 1. The molecule has 25 heavy (non-hydrogen) atoms. The van der Waals surface area contributed by atoms with E-state index in [1.807, 2.05) is 0 Å². The van der Waals surface area contributed by atoms with E-state index in [-0.39, 0.29) is 18.8 Å². The van der Waals surface area contributed by atoms with E-state index in [0.29, 0.717) is 22.8 Å². The second-order valence-corrected chi connectivity index (χ2v) is 4.94. The third-order valence-electron chi connectivity index (χ3n) is 3.32. The molecule has 2 aromatic carbocycles. The number of methoxy groups -OCH3 is 2. The Labute approximate surface area is 145 Å². The van der Waals surface area contributed by atoms with Gasteiger partial charge in [0.2, 0.25) is 0 Å². The molecule has 0 fully saturated rings. The highest BCUT2D eigenvalue weighted by molar-refractivity contribution is 5.95. The van der Waals surface area contributed by atoms with Crippen LogP contribution in [0, 0.1) is 0 Å². The fourth-order valence-corrected chi connectivity index (χ4v) is 2.09. The first-order chi connectivity index (χ1) is 12.0. The van der Waals surface area contributed by atoms with Gasteiger partial charge >= 0.3 is 5.97 Å². The summed E-state index contributed by atoms with van der Waals surface area (Å²) in [6.07, 6.45) is 0. The summed E-state index contributed by atoms with van der Waals surface area (Å²) in [5, 5.41) is 0. The van der Waals surface area contributed by atoms with Crippen molar-refractivity contribution >= 4 is 11.9 Å². The molecule has 0 atom stereocenters. The van der Waals surface area contributed by atoms with Crippen LogP contribution >= 0.6 is 0 Å². The van der Waals surface area contributed by atoms with Crippen LogP contribution in [0.25, 0.3) is 0 Å². The predicted octanol–water partition coefficient (Wildman–Crippen LogP) is 2.04. The molecule has 0 unspecified atom stereocenters. The number of carbonyl (C=O) groups excluding carboxylic acids is 2. The van der Waals surface area contributed by atoms with Gasteiger partial charge in [-0.2, -0.15) is 0 Å². The van der Waals surface area contributed by atoms with Gasteiger partial charge in [0, 0.05) is 6.07 Å². The Kier molecular flexibility index (Phi) is 6.22. The van der Waals surface area contributed by atoms with Crippen LogP contribution in [-0.4, -0.2) is 39.3 Å². The Bertz CT molecular complexity index is 759. The maximum atomic E-state index is 11.5. The molecule has 0 saturated heterocycles. The summed E-state index contributed by atoms with van der Waals surface area (Å²) in [7, 11) is 2.83. The Balaban J connectivity index is 1.95. The number of rotatable bonds is 8. The van der Waals surface area contributed by atoms with E-state index in [0.717, 1.165) is 0 Å². The number of esters is 1. The van der Waals surface area contributed by atoms with Crippen molar-refractivity contribution in [3.63, 3.8) is 0 Å². The number of carbonyl (C=O) groups is 2. The summed E-state index contributed by atoms with van der Waals surface area (Å²) in [5.74, 6) is 0.339. The van der Waals surface area contributed by atoms with E-state index in [2.05, 4.69) is 4.74 Å². The van der Waals surface area contributed by atoms with Crippen LogP contribution in [0.15, 0.2) is 42.5 Å². The largest absolute Gasteiger partial charge is 0.497 e. The summed E-state index contributed by atoms with van der Waals surface area (Å²) < 4.78 is 20.9. The van der Waals surface area contributed by atoms with Crippen LogP contribution in [-0.2, 0) is 4.74 Å². The van der Waals surface area contributed by atoms with Crippen molar-refractivity contribution in [1.29, 1.82) is 0 Å². The van der Waals surface area contributed by atoms with Gasteiger partial charge in [0.25, 0.3) is 5.91 Å². The van der Waals surface area contributed by atoms with Gasteiger partial charge in [0.05, 0.1) is 25.3 Å². The highest BCUT2D eigenvalue weighted by atomic mass is 16.5. The number of ether oxygens (including phenoxy) is 4. The minimum absolute atomic E-state index is 0.176. The van der Waals surface area contributed by atoms with E-state index < -0.39 is 11.9 Å². The minimum atomic E-state index is -0.593. The lowest BCUT2D eigenvalue weighted by atomic mass is 10.2. The van der Waals surface area contributed by atoms with Gasteiger partial charge in [-0.3, -0.25) is 4.79 Å². The van der Waals surface area contributed by atoms with Crippen LogP contribution in [0.2, 0.25) is 0 Å². The van der Waals surface area contributed by atoms with Crippen molar-refractivity contribution < 1.29 is 28.5 Å². The summed E-state index contributed by atoms with van der Waals surface area (Å²) >= 11 is 0. The second kappa shape index (κ2) is 8.58. The quantitative estimate of drug-likeness (QED) is 0.581. The molecular formula is C18H19NO6. The summed E-state index contributed by atoms with van der Waals surface area (Å²) in [5.41, 5.74) is 5.98. The van der Waals surface area contributed by atoms with Crippen molar-refractivity contribution in [3.05, 3.63) is 53.6 Å². The topological polar surface area (TPSA) is 97.1 Å². The van der Waals surface area contributed by atoms with Crippen molar-refractivity contribution in [2.45, 2.75) is 0 Å². The van der Waals surface area contributed by atoms with Crippen LogP contribution < -0.4 is 19.9 Å². The van der Waals surface area contributed by atoms with Gasteiger partial charge in [0.1, 0.15) is 30.5 Å². The smallest absolute Gasteiger partial charge is 0.337 e. The van der Waals surface area contributed by atoms with Gasteiger partial charge in [-0.05, 0) is 30.3 Å². The monoisotopic (exact) mass is 345 g/mol. The van der Waals surface area contributed by atoms with Crippen LogP contribution in [0.1, 0.15) is 20.7 Å². The standard InChI is InChI=1S/C18H19NO6/c1-22-13-6-7-15(17(19)20)16(11-13)25-9-8-24-14-5-3-4-12(10-14)18(21)23-2/h3-7,10-11H,8-9H2,1-2H3,(H2,19,20). The predicted molar refractivity (Wildman–Crippen MR) is 90.3 cm³/mol. The molecule has 0 aliphatic carbocycles. The molecule has 132 valence electrons. The number of hydrogen-bond acceptors (Lipinski definition) is 6. The van der Waals surface area contributed by atoms with Crippen molar-refractivity contribution in [1.82, 2.24) is 0 Å². The molecule has 0 bridgehead atoms. The Morgan fingerprint density at radius 1 is 0.960 bits per heavy atom. The molecule has 7 heteroatoms. The Morgan fingerprint density at radius 2 is 1.72 bits per heavy atom. The van der Waals surface area contributed by atoms with Crippen molar-refractivity contribution in [2.24, 2.45) is 5.73 Å². The number of amides is 1. The number of nitrogens with two attached hydrogens (primary N) is 1. The van der Waals surface area contributed by atoms with Crippen LogP contribution in [0.3, 0.4) is 0 Å². The highest BCUT2D eigenvalue weighted by Gasteiger charge is 2.11. The molecule has 0 spiro atoms. The zero-order valence-corrected chi connectivity index (χ0v) is 14.0. The van der Waals surface area contributed by atoms with Crippen LogP contribution in [0.5, 0.6) is 17.2 Å². The first-order valence-corrected chi connectivity index (χ1v) is 7.47. The van der Waals surface area contributed by atoms with Crippen molar-refractivity contribution in [2.75, 3.05) is 27.4 Å². The molecule has 0 aliphatic rings. The molecule has 7 nitrogen and oxygen atoms in total.